The van der Waals surface area contributed by atoms with Crippen molar-refractivity contribution in [2.75, 3.05) is 0 Å². The SMILES string of the molecule is CC(NC(=O)Cc1ccccc1F)C(O)c1ccc(F)cc1. The van der Waals surface area contributed by atoms with Crippen molar-refractivity contribution in [1.29, 1.82) is 0 Å². The highest BCUT2D eigenvalue weighted by Gasteiger charge is 2.19. The minimum absolute atomic E-state index is 0.104. The summed E-state index contributed by atoms with van der Waals surface area (Å²) in [5, 5.41) is 12.8. The number of benzene rings is 2. The van der Waals surface area contributed by atoms with E-state index in [-0.39, 0.29) is 6.42 Å². The number of carbonyl (C=O) groups excluding carboxylic acids is 1. The molecule has 22 heavy (non-hydrogen) atoms. The highest BCUT2D eigenvalue weighted by Crippen LogP contribution is 2.17. The number of carbonyl (C=O) groups is 1. The molecule has 3 nitrogen and oxygen atoms in total. The standard InChI is InChI=1S/C17H17F2NO2/c1-11(17(22)12-6-8-14(18)9-7-12)20-16(21)10-13-4-2-3-5-15(13)19/h2-9,11,17,22H,10H2,1H3,(H,20,21). The maximum atomic E-state index is 13.5. The molecule has 0 aliphatic heterocycles. The molecule has 2 atom stereocenters. The Kier molecular flexibility index (Phi) is 5.22. The molecule has 2 unspecified atom stereocenters. The van der Waals surface area contributed by atoms with Crippen molar-refractivity contribution in [3.63, 3.8) is 0 Å². The maximum absolute atomic E-state index is 13.5. The molecule has 2 N–H and O–H groups in total. The minimum Gasteiger partial charge on any atom is -0.386 e. The molecule has 2 aromatic carbocycles. The molecule has 0 saturated heterocycles. The van der Waals surface area contributed by atoms with Gasteiger partial charge >= 0.3 is 0 Å². The van der Waals surface area contributed by atoms with Crippen LogP contribution >= 0.6 is 0 Å². The van der Waals surface area contributed by atoms with Gasteiger partial charge in [-0.2, -0.15) is 0 Å². The lowest BCUT2D eigenvalue weighted by Crippen LogP contribution is -2.38. The number of aliphatic hydroxyl groups is 1. The molecule has 116 valence electrons. The third kappa shape index (κ3) is 4.11. The summed E-state index contributed by atoms with van der Waals surface area (Å²) in [6, 6.07) is 10.9. The van der Waals surface area contributed by atoms with Crippen LogP contribution in [0.2, 0.25) is 0 Å². The zero-order valence-corrected chi connectivity index (χ0v) is 12.1. The Labute approximate surface area is 127 Å². The van der Waals surface area contributed by atoms with E-state index in [0.29, 0.717) is 11.1 Å². The van der Waals surface area contributed by atoms with Crippen LogP contribution in [-0.4, -0.2) is 17.1 Å². The maximum Gasteiger partial charge on any atom is 0.224 e. The second-order valence-corrected chi connectivity index (χ2v) is 5.12. The van der Waals surface area contributed by atoms with E-state index in [0.717, 1.165) is 0 Å². The highest BCUT2D eigenvalue weighted by atomic mass is 19.1. The van der Waals surface area contributed by atoms with Crippen molar-refractivity contribution in [2.24, 2.45) is 0 Å². The fourth-order valence-electron chi connectivity index (χ4n) is 2.15. The van der Waals surface area contributed by atoms with Crippen molar-refractivity contribution in [1.82, 2.24) is 5.32 Å². The average molecular weight is 305 g/mol. The zero-order valence-electron chi connectivity index (χ0n) is 12.1. The third-order valence-corrected chi connectivity index (χ3v) is 3.38. The van der Waals surface area contributed by atoms with Crippen LogP contribution in [0, 0.1) is 11.6 Å². The Bertz CT molecular complexity index is 643. The Morgan fingerprint density at radius 3 is 2.41 bits per heavy atom. The Balaban J connectivity index is 1.96. The summed E-state index contributed by atoms with van der Waals surface area (Å²) in [7, 11) is 0. The molecule has 0 heterocycles. The van der Waals surface area contributed by atoms with Gasteiger partial charge in [-0.05, 0) is 36.2 Å². The van der Waals surface area contributed by atoms with Crippen LogP contribution in [0.1, 0.15) is 24.2 Å². The van der Waals surface area contributed by atoms with Gasteiger partial charge in [-0.3, -0.25) is 4.79 Å². The van der Waals surface area contributed by atoms with Crippen LogP contribution in [0.15, 0.2) is 48.5 Å². The third-order valence-electron chi connectivity index (χ3n) is 3.38. The molecule has 0 aromatic heterocycles. The van der Waals surface area contributed by atoms with Gasteiger partial charge in [-0.25, -0.2) is 8.78 Å². The second-order valence-electron chi connectivity index (χ2n) is 5.12. The summed E-state index contributed by atoms with van der Waals surface area (Å²) < 4.78 is 26.3. The van der Waals surface area contributed by atoms with E-state index in [1.54, 1.807) is 19.1 Å². The normalized spacial score (nSPS) is 13.5. The monoisotopic (exact) mass is 305 g/mol. The molecule has 0 bridgehead atoms. The first kappa shape index (κ1) is 16.1. The van der Waals surface area contributed by atoms with Gasteiger partial charge in [0.1, 0.15) is 11.6 Å². The highest BCUT2D eigenvalue weighted by molar-refractivity contribution is 5.78. The molecule has 0 aliphatic carbocycles. The summed E-state index contributed by atoms with van der Waals surface area (Å²) in [5.74, 6) is -1.23. The molecular weight excluding hydrogens is 288 g/mol. The number of hydrogen-bond acceptors (Lipinski definition) is 2. The molecule has 2 aromatic rings. The average Bonchev–Trinajstić information content (AvgIpc) is 2.49. The summed E-state index contributed by atoms with van der Waals surface area (Å²) in [4.78, 5) is 11.9. The van der Waals surface area contributed by atoms with Gasteiger partial charge in [0, 0.05) is 0 Å². The first-order valence-corrected chi connectivity index (χ1v) is 6.93. The summed E-state index contributed by atoms with van der Waals surface area (Å²) in [5.41, 5.74) is 0.795. The van der Waals surface area contributed by atoms with Crippen molar-refractivity contribution >= 4 is 5.91 Å². The first-order valence-electron chi connectivity index (χ1n) is 6.93. The van der Waals surface area contributed by atoms with Crippen LogP contribution in [0.25, 0.3) is 0 Å². The van der Waals surface area contributed by atoms with E-state index in [1.165, 1.54) is 36.4 Å². The van der Waals surface area contributed by atoms with Crippen molar-refractivity contribution in [2.45, 2.75) is 25.5 Å². The molecule has 0 saturated carbocycles. The van der Waals surface area contributed by atoms with E-state index in [1.807, 2.05) is 0 Å². The van der Waals surface area contributed by atoms with E-state index in [2.05, 4.69) is 5.32 Å². The van der Waals surface area contributed by atoms with Crippen LogP contribution in [0.4, 0.5) is 8.78 Å². The van der Waals surface area contributed by atoms with Gasteiger partial charge in [0.25, 0.3) is 0 Å². The van der Waals surface area contributed by atoms with Crippen LogP contribution < -0.4 is 5.32 Å². The number of nitrogens with one attached hydrogen (secondary N) is 1. The van der Waals surface area contributed by atoms with E-state index >= 15 is 0 Å². The Morgan fingerprint density at radius 2 is 1.77 bits per heavy atom. The number of rotatable bonds is 5. The lowest BCUT2D eigenvalue weighted by atomic mass is 10.0. The molecular formula is C17H17F2NO2. The van der Waals surface area contributed by atoms with Crippen molar-refractivity contribution < 1.29 is 18.7 Å². The van der Waals surface area contributed by atoms with Crippen LogP contribution in [0.5, 0.6) is 0 Å². The van der Waals surface area contributed by atoms with E-state index in [9.17, 15) is 18.7 Å². The van der Waals surface area contributed by atoms with Gasteiger partial charge < -0.3 is 10.4 Å². The van der Waals surface area contributed by atoms with E-state index in [4.69, 9.17) is 0 Å². The molecule has 1 amide bonds. The predicted molar refractivity (Wildman–Crippen MR) is 79.1 cm³/mol. The summed E-state index contributed by atoms with van der Waals surface area (Å²) in [6.07, 6.45) is -1.07. The summed E-state index contributed by atoms with van der Waals surface area (Å²) >= 11 is 0. The predicted octanol–water partition coefficient (Wildman–Crippen LogP) is 2.75. The van der Waals surface area contributed by atoms with Crippen LogP contribution in [0.3, 0.4) is 0 Å². The van der Waals surface area contributed by atoms with Gasteiger partial charge in [0.05, 0.1) is 18.6 Å². The van der Waals surface area contributed by atoms with Gasteiger partial charge in [-0.1, -0.05) is 30.3 Å². The molecule has 0 spiro atoms. The lowest BCUT2D eigenvalue weighted by Gasteiger charge is -2.20. The fraction of sp³-hybridized carbons (Fsp3) is 0.235. The van der Waals surface area contributed by atoms with Gasteiger partial charge in [-0.15, -0.1) is 0 Å². The minimum atomic E-state index is -0.967. The fourth-order valence-corrected chi connectivity index (χ4v) is 2.15. The molecule has 0 fully saturated rings. The number of halogens is 2. The molecule has 0 radical (unpaired) electrons. The number of aliphatic hydroxyl groups excluding tert-OH is 1. The van der Waals surface area contributed by atoms with Crippen LogP contribution in [-0.2, 0) is 11.2 Å². The number of amides is 1. The topological polar surface area (TPSA) is 49.3 Å². The van der Waals surface area contributed by atoms with Gasteiger partial charge in [0.15, 0.2) is 0 Å². The van der Waals surface area contributed by atoms with Crippen molar-refractivity contribution in [3.8, 4) is 0 Å². The zero-order chi connectivity index (χ0) is 16.1. The van der Waals surface area contributed by atoms with Gasteiger partial charge in [0.2, 0.25) is 5.91 Å². The van der Waals surface area contributed by atoms with Crippen molar-refractivity contribution in [3.05, 3.63) is 71.3 Å². The summed E-state index contributed by atoms with van der Waals surface area (Å²) in [6.45, 7) is 1.63. The lowest BCUT2D eigenvalue weighted by molar-refractivity contribution is -0.121. The largest absolute Gasteiger partial charge is 0.386 e. The smallest absolute Gasteiger partial charge is 0.224 e. The first-order chi connectivity index (χ1) is 10.5. The Hall–Kier alpha value is -2.27. The Morgan fingerprint density at radius 1 is 1.14 bits per heavy atom. The molecule has 0 aliphatic rings. The second kappa shape index (κ2) is 7.13. The molecule has 5 heteroatoms. The quantitative estimate of drug-likeness (QED) is 0.892. The molecule has 2 rings (SSSR count). The number of hydrogen-bond donors (Lipinski definition) is 2. The van der Waals surface area contributed by atoms with E-state index < -0.39 is 29.7 Å².